The first-order valence-corrected chi connectivity index (χ1v) is 7.81. The molecule has 2 heterocycles. The number of ether oxygens (including phenoxy) is 1. The highest BCUT2D eigenvalue weighted by Crippen LogP contribution is 2.27. The van der Waals surface area contributed by atoms with Crippen molar-refractivity contribution in [2.45, 2.75) is 71.1 Å². The molecule has 19 heavy (non-hydrogen) atoms. The van der Waals surface area contributed by atoms with E-state index in [2.05, 4.69) is 31.0 Å². The quantitative estimate of drug-likeness (QED) is 0.830. The van der Waals surface area contributed by atoms with Crippen molar-refractivity contribution >= 4 is 5.91 Å². The molecule has 0 aromatic carbocycles. The van der Waals surface area contributed by atoms with Gasteiger partial charge in [-0.3, -0.25) is 10.1 Å². The van der Waals surface area contributed by atoms with Crippen LogP contribution >= 0.6 is 0 Å². The molecular weight excluding hydrogens is 240 g/mol. The zero-order valence-electron chi connectivity index (χ0n) is 12.5. The Labute approximate surface area is 116 Å². The third-order valence-corrected chi connectivity index (χ3v) is 4.65. The summed E-state index contributed by atoms with van der Waals surface area (Å²) in [4.78, 5) is 14.6. The lowest BCUT2D eigenvalue weighted by Crippen LogP contribution is -2.46. The fourth-order valence-electron chi connectivity index (χ4n) is 3.41. The highest BCUT2D eigenvalue weighted by molar-refractivity contribution is 5.84. The first-order valence-electron chi connectivity index (χ1n) is 7.81. The molecule has 2 aliphatic heterocycles. The third kappa shape index (κ3) is 3.29. The van der Waals surface area contributed by atoms with Crippen LogP contribution in [0.3, 0.4) is 0 Å². The third-order valence-electron chi connectivity index (χ3n) is 4.65. The Kier molecular flexibility index (Phi) is 5.22. The van der Waals surface area contributed by atoms with Gasteiger partial charge in [-0.15, -0.1) is 0 Å². The minimum absolute atomic E-state index is 0.0391. The lowest BCUT2D eigenvalue weighted by molar-refractivity contribution is -0.133. The van der Waals surface area contributed by atoms with Crippen molar-refractivity contribution in [3.8, 4) is 0 Å². The highest BCUT2D eigenvalue weighted by Gasteiger charge is 2.40. The standard InChI is InChI=1S/C15H28N2O2/c1-4-5-6-14-15(18)17(12(3)16-14)11(2)13-7-9-19-10-8-13/h11-14,16H,4-10H2,1-3H3. The van der Waals surface area contributed by atoms with E-state index in [0.717, 1.165) is 45.3 Å². The van der Waals surface area contributed by atoms with Gasteiger partial charge in [0.05, 0.1) is 12.2 Å². The molecule has 4 heteroatoms. The van der Waals surface area contributed by atoms with Crippen LogP contribution in [0.5, 0.6) is 0 Å². The lowest BCUT2D eigenvalue weighted by atomic mass is 9.91. The van der Waals surface area contributed by atoms with E-state index >= 15 is 0 Å². The number of amides is 1. The minimum atomic E-state index is 0.0391. The Balaban J connectivity index is 1.96. The van der Waals surface area contributed by atoms with Crippen molar-refractivity contribution in [2.75, 3.05) is 13.2 Å². The summed E-state index contributed by atoms with van der Waals surface area (Å²) >= 11 is 0. The molecule has 3 atom stereocenters. The Bertz CT molecular complexity index is 303. The molecular formula is C15H28N2O2. The maximum absolute atomic E-state index is 12.5. The van der Waals surface area contributed by atoms with Crippen molar-refractivity contribution in [3.05, 3.63) is 0 Å². The molecule has 0 radical (unpaired) electrons. The molecule has 110 valence electrons. The fourth-order valence-corrected chi connectivity index (χ4v) is 3.41. The molecule has 2 saturated heterocycles. The lowest BCUT2D eigenvalue weighted by Gasteiger charge is -2.36. The van der Waals surface area contributed by atoms with Crippen LogP contribution in [0, 0.1) is 5.92 Å². The topological polar surface area (TPSA) is 41.6 Å². The van der Waals surface area contributed by atoms with Gasteiger partial charge < -0.3 is 9.64 Å². The van der Waals surface area contributed by atoms with Crippen molar-refractivity contribution in [2.24, 2.45) is 5.92 Å². The van der Waals surface area contributed by atoms with Crippen LogP contribution in [0.1, 0.15) is 52.9 Å². The summed E-state index contributed by atoms with van der Waals surface area (Å²) in [5, 5.41) is 3.45. The zero-order valence-corrected chi connectivity index (χ0v) is 12.5. The van der Waals surface area contributed by atoms with Gasteiger partial charge in [0, 0.05) is 19.3 Å². The zero-order chi connectivity index (χ0) is 13.8. The van der Waals surface area contributed by atoms with Gasteiger partial charge in [-0.25, -0.2) is 0 Å². The van der Waals surface area contributed by atoms with E-state index in [1.54, 1.807) is 0 Å². The van der Waals surface area contributed by atoms with Gasteiger partial charge in [0.1, 0.15) is 0 Å². The van der Waals surface area contributed by atoms with E-state index in [0.29, 0.717) is 17.9 Å². The van der Waals surface area contributed by atoms with E-state index in [1.165, 1.54) is 0 Å². The predicted molar refractivity (Wildman–Crippen MR) is 75.8 cm³/mol. The Hall–Kier alpha value is -0.610. The summed E-state index contributed by atoms with van der Waals surface area (Å²) in [6, 6.07) is 0.364. The first-order chi connectivity index (χ1) is 9.15. The van der Waals surface area contributed by atoms with Gasteiger partial charge >= 0.3 is 0 Å². The number of hydrogen-bond donors (Lipinski definition) is 1. The molecule has 1 amide bonds. The van der Waals surface area contributed by atoms with E-state index in [4.69, 9.17) is 4.74 Å². The fraction of sp³-hybridized carbons (Fsp3) is 0.933. The smallest absolute Gasteiger partial charge is 0.241 e. The van der Waals surface area contributed by atoms with Crippen molar-refractivity contribution in [3.63, 3.8) is 0 Å². The van der Waals surface area contributed by atoms with Crippen molar-refractivity contribution in [1.29, 1.82) is 0 Å². The predicted octanol–water partition coefficient (Wildman–Crippen LogP) is 2.14. The van der Waals surface area contributed by atoms with Gasteiger partial charge in [-0.2, -0.15) is 0 Å². The number of nitrogens with one attached hydrogen (secondary N) is 1. The van der Waals surface area contributed by atoms with E-state index in [-0.39, 0.29) is 12.2 Å². The molecule has 0 aromatic heterocycles. The Morgan fingerprint density at radius 3 is 2.74 bits per heavy atom. The maximum Gasteiger partial charge on any atom is 0.241 e. The Morgan fingerprint density at radius 2 is 2.11 bits per heavy atom. The van der Waals surface area contributed by atoms with Crippen molar-refractivity contribution < 1.29 is 9.53 Å². The summed E-state index contributed by atoms with van der Waals surface area (Å²) in [6.07, 6.45) is 5.57. The van der Waals surface area contributed by atoms with E-state index in [1.807, 2.05) is 0 Å². The van der Waals surface area contributed by atoms with Crippen LogP contribution in [-0.2, 0) is 9.53 Å². The molecule has 0 spiro atoms. The molecule has 1 N–H and O–H groups in total. The molecule has 0 aromatic rings. The molecule has 3 unspecified atom stereocenters. The second kappa shape index (κ2) is 6.71. The van der Waals surface area contributed by atoms with E-state index in [9.17, 15) is 4.79 Å². The van der Waals surface area contributed by atoms with Gasteiger partial charge in [-0.1, -0.05) is 19.8 Å². The maximum atomic E-state index is 12.5. The van der Waals surface area contributed by atoms with Crippen LogP contribution in [0.25, 0.3) is 0 Å². The largest absolute Gasteiger partial charge is 0.381 e. The van der Waals surface area contributed by atoms with Gasteiger partial charge in [0.2, 0.25) is 5.91 Å². The highest BCUT2D eigenvalue weighted by atomic mass is 16.5. The van der Waals surface area contributed by atoms with Crippen LogP contribution in [0.2, 0.25) is 0 Å². The summed E-state index contributed by atoms with van der Waals surface area (Å²) < 4.78 is 5.42. The molecule has 2 rings (SSSR count). The number of unbranched alkanes of at least 4 members (excludes halogenated alkanes) is 1. The van der Waals surface area contributed by atoms with Gasteiger partial charge in [0.15, 0.2) is 0 Å². The SMILES string of the molecule is CCCCC1NC(C)N(C(C)C2CCOCC2)C1=O. The molecule has 0 saturated carbocycles. The van der Waals surface area contributed by atoms with E-state index < -0.39 is 0 Å². The van der Waals surface area contributed by atoms with Crippen LogP contribution < -0.4 is 5.32 Å². The Morgan fingerprint density at radius 1 is 1.42 bits per heavy atom. The van der Waals surface area contributed by atoms with Gasteiger partial charge in [0.25, 0.3) is 0 Å². The summed E-state index contributed by atoms with van der Waals surface area (Å²) in [5.41, 5.74) is 0. The number of rotatable bonds is 5. The number of carbonyl (C=O) groups is 1. The second-order valence-electron chi connectivity index (χ2n) is 5.97. The minimum Gasteiger partial charge on any atom is -0.381 e. The normalized spacial score (nSPS) is 30.9. The molecule has 0 aliphatic carbocycles. The van der Waals surface area contributed by atoms with Crippen LogP contribution in [-0.4, -0.2) is 42.3 Å². The number of hydrogen-bond acceptors (Lipinski definition) is 3. The molecule has 2 aliphatic rings. The monoisotopic (exact) mass is 268 g/mol. The second-order valence-corrected chi connectivity index (χ2v) is 5.97. The van der Waals surface area contributed by atoms with Crippen molar-refractivity contribution in [1.82, 2.24) is 10.2 Å². The molecule has 4 nitrogen and oxygen atoms in total. The number of nitrogens with zero attached hydrogens (tertiary/aromatic N) is 1. The van der Waals surface area contributed by atoms with Gasteiger partial charge in [-0.05, 0) is 39.0 Å². The van der Waals surface area contributed by atoms with Crippen LogP contribution in [0.4, 0.5) is 0 Å². The number of carbonyl (C=O) groups excluding carboxylic acids is 1. The molecule has 2 fully saturated rings. The van der Waals surface area contributed by atoms with Crippen LogP contribution in [0.15, 0.2) is 0 Å². The summed E-state index contributed by atoms with van der Waals surface area (Å²) in [7, 11) is 0. The average molecular weight is 268 g/mol. The summed E-state index contributed by atoms with van der Waals surface area (Å²) in [6.45, 7) is 8.18. The first kappa shape index (κ1) is 14.8. The average Bonchev–Trinajstić information content (AvgIpc) is 2.71. The molecule has 0 bridgehead atoms. The summed E-state index contributed by atoms with van der Waals surface area (Å²) in [5.74, 6) is 0.895.